The molecule has 10 nitrogen and oxygen atoms in total. The van der Waals surface area contributed by atoms with Crippen molar-refractivity contribution in [2.75, 3.05) is 61.9 Å². The number of rotatable bonds is 4. The molecule has 0 aromatic carbocycles. The molecule has 180 valence electrons. The first-order valence-corrected chi connectivity index (χ1v) is 14.9. The Morgan fingerprint density at radius 3 is 2.16 bits per heavy atom. The molecule has 0 saturated carbocycles. The van der Waals surface area contributed by atoms with Crippen LogP contribution in [0.5, 0.6) is 0 Å². The minimum Gasteiger partial charge on any atom is -0.365 e. The second-order valence-electron chi connectivity index (χ2n) is 9.27. The Hall–Kier alpha value is -1.66. The van der Waals surface area contributed by atoms with Crippen molar-refractivity contribution in [3.05, 3.63) is 11.4 Å². The number of nitrogens with zero attached hydrogens (tertiary/aromatic N) is 5. The minimum absolute atomic E-state index is 0.104. The van der Waals surface area contributed by atoms with Crippen molar-refractivity contribution in [1.82, 2.24) is 19.0 Å². The molecule has 3 fully saturated rings. The molecule has 1 atom stereocenters. The largest absolute Gasteiger partial charge is 0.365 e. The predicted molar refractivity (Wildman–Crippen MR) is 122 cm³/mol. The zero-order chi connectivity index (χ0) is 23.3. The molecule has 0 bridgehead atoms. The van der Waals surface area contributed by atoms with Gasteiger partial charge in [0.25, 0.3) is 0 Å². The third-order valence-corrected chi connectivity index (χ3v) is 10.1. The number of sulfonamides is 1. The Balaban J connectivity index is 1.37. The Labute approximate surface area is 190 Å². The van der Waals surface area contributed by atoms with E-state index in [0.29, 0.717) is 58.5 Å². The summed E-state index contributed by atoms with van der Waals surface area (Å²) in [5, 5.41) is 4.66. The van der Waals surface area contributed by atoms with Crippen LogP contribution in [0, 0.1) is 19.8 Å². The molecule has 3 aliphatic heterocycles. The third kappa shape index (κ3) is 4.67. The number of anilines is 1. The van der Waals surface area contributed by atoms with Gasteiger partial charge in [-0.15, -0.1) is 0 Å². The van der Waals surface area contributed by atoms with E-state index < -0.39 is 19.9 Å². The number of amides is 1. The average molecular weight is 488 g/mol. The molecule has 32 heavy (non-hydrogen) atoms. The molecule has 3 saturated heterocycles. The number of carbonyl (C=O) groups is 1. The molecule has 1 amide bonds. The first-order valence-electron chi connectivity index (χ1n) is 11.2. The number of piperazine rings is 1. The van der Waals surface area contributed by atoms with E-state index in [9.17, 15) is 21.6 Å². The molecule has 1 aromatic heterocycles. The highest BCUT2D eigenvalue weighted by molar-refractivity contribution is 7.91. The maximum absolute atomic E-state index is 13.0. The fraction of sp³-hybridized carbons (Fsp3) is 0.800. The maximum Gasteiger partial charge on any atom is 0.225 e. The second-order valence-corrected chi connectivity index (χ2v) is 13.5. The van der Waals surface area contributed by atoms with E-state index in [1.807, 2.05) is 23.4 Å². The van der Waals surface area contributed by atoms with Crippen molar-refractivity contribution >= 4 is 31.5 Å². The lowest BCUT2D eigenvalue weighted by Gasteiger charge is -2.39. The lowest BCUT2D eigenvalue weighted by atomic mass is 9.96. The predicted octanol–water partition coefficient (Wildman–Crippen LogP) is 0.180. The molecule has 3 aliphatic rings. The number of carbonyl (C=O) groups excluding carboxylic acids is 1. The number of aryl methyl sites for hydroxylation is 1. The van der Waals surface area contributed by atoms with E-state index in [0.717, 1.165) is 17.1 Å². The summed E-state index contributed by atoms with van der Waals surface area (Å²) in [6.45, 7) is 7.39. The summed E-state index contributed by atoms with van der Waals surface area (Å²) in [7, 11) is -6.18. The van der Waals surface area contributed by atoms with Gasteiger partial charge in [0.1, 0.15) is 0 Å². The van der Waals surface area contributed by atoms with Crippen LogP contribution in [0.15, 0.2) is 0 Å². The van der Waals surface area contributed by atoms with E-state index in [1.165, 1.54) is 10.6 Å². The molecular weight excluding hydrogens is 454 g/mol. The molecule has 12 heteroatoms. The van der Waals surface area contributed by atoms with Crippen LogP contribution in [0.1, 0.15) is 36.7 Å². The number of piperidine rings is 1. The van der Waals surface area contributed by atoms with Gasteiger partial charge in [-0.3, -0.25) is 9.48 Å². The fourth-order valence-electron chi connectivity index (χ4n) is 5.28. The van der Waals surface area contributed by atoms with Crippen molar-refractivity contribution < 1.29 is 21.6 Å². The number of hydrogen-bond donors (Lipinski definition) is 0. The first kappa shape index (κ1) is 23.5. The number of hydrogen-bond acceptors (Lipinski definition) is 7. The Bertz CT molecular complexity index is 1080. The molecule has 4 rings (SSSR count). The van der Waals surface area contributed by atoms with Gasteiger partial charge < -0.3 is 9.80 Å². The molecule has 4 heterocycles. The smallest absolute Gasteiger partial charge is 0.225 e. The van der Waals surface area contributed by atoms with Crippen molar-refractivity contribution in [1.29, 1.82) is 0 Å². The summed E-state index contributed by atoms with van der Waals surface area (Å²) in [6.07, 6.45) is 2.96. The Morgan fingerprint density at radius 2 is 1.62 bits per heavy atom. The lowest BCUT2D eigenvalue weighted by Crippen LogP contribution is -2.52. The highest BCUT2D eigenvalue weighted by Crippen LogP contribution is 2.32. The Kier molecular flexibility index (Phi) is 6.32. The summed E-state index contributed by atoms with van der Waals surface area (Å²) in [5.74, 6) is 0.373. The maximum atomic E-state index is 13.0. The standard InChI is InChI=1S/C20H33N5O5S2/c1-15-19(16(2)25(21-15)18-6-13-32(29,30)14-18)22-9-11-23(12-10-22)20(26)17-4-7-24(8-5-17)31(3,27)28/h17-18H,4-14H2,1-3H3/t18-/m0/s1. The summed E-state index contributed by atoms with van der Waals surface area (Å²) in [4.78, 5) is 17.1. The van der Waals surface area contributed by atoms with Crippen molar-refractivity contribution in [2.24, 2.45) is 5.92 Å². The molecule has 1 aromatic rings. The van der Waals surface area contributed by atoms with Crippen molar-refractivity contribution in [3.63, 3.8) is 0 Å². The van der Waals surface area contributed by atoms with Crippen LogP contribution in [0.3, 0.4) is 0 Å². The van der Waals surface area contributed by atoms with E-state index >= 15 is 0 Å². The highest BCUT2D eigenvalue weighted by atomic mass is 32.2. The SMILES string of the molecule is Cc1nn([C@H]2CCS(=O)(=O)C2)c(C)c1N1CCN(C(=O)C2CCN(S(C)(=O)=O)CC2)CC1. The summed E-state index contributed by atoms with van der Waals surface area (Å²) < 4.78 is 50.5. The molecule has 0 radical (unpaired) electrons. The molecule has 0 spiro atoms. The van der Waals surface area contributed by atoms with Crippen LogP contribution in [-0.2, 0) is 24.7 Å². The topological polar surface area (TPSA) is 113 Å². The number of sulfone groups is 1. The van der Waals surface area contributed by atoms with Crippen molar-refractivity contribution in [3.8, 4) is 0 Å². The van der Waals surface area contributed by atoms with Gasteiger partial charge in [0, 0.05) is 45.2 Å². The minimum atomic E-state index is -3.20. The van der Waals surface area contributed by atoms with Crippen LogP contribution in [-0.4, -0.2) is 98.8 Å². The quantitative estimate of drug-likeness (QED) is 0.595. The van der Waals surface area contributed by atoms with E-state index in [2.05, 4.69) is 10.00 Å². The fourth-order valence-corrected chi connectivity index (χ4v) is 7.84. The third-order valence-electron chi connectivity index (χ3n) is 7.02. The van der Waals surface area contributed by atoms with E-state index in [4.69, 9.17) is 0 Å². The average Bonchev–Trinajstić information content (AvgIpc) is 3.25. The van der Waals surface area contributed by atoms with Gasteiger partial charge in [0.05, 0.1) is 40.9 Å². The summed E-state index contributed by atoms with van der Waals surface area (Å²) in [5.41, 5.74) is 2.92. The van der Waals surface area contributed by atoms with Crippen LogP contribution in [0.2, 0.25) is 0 Å². The lowest BCUT2D eigenvalue weighted by molar-refractivity contribution is -0.137. The van der Waals surface area contributed by atoms with Gasteiger partial charge in [0.15, 0.2) is 9.84 Å². The van der Waals surface area contributed by atoms with Crippen molar-refractivity contribution in [2.45, 2.75) is 39.2 Å². The zero-order valence-electron chi connectivity index (χ0n) is 19.0. The van der Waals surface area contributed by atoms with Crippen LogP contribution in [0.4, 0.5) is 5.69 Å². The van der Waals surface area contributed by atoms with Gasteiger partial charge in [-0.25, -0.2) is 21.1 Å². The van der Waals surface area contributed by atoms with Gasteiger partial charge in [-0.1, -0.05) is 0 Å². The van der Waals surface area contributed by atoms with Gasteiger partial charge in [-0.05, 0) is 33.1 Å². The zero-order valence-corrected chi connectivity index (χ0v) is 20.7. The monoisotopic (exact) mass is 487 g/mol. The van der Waals surface area contributed by atoms with Crippen LogP contribution in [0.25, 0.3) is 0 Å². The van der Waals surface area contributed by atoms with Gasteiger partial charge in [0.2, 0.25) is 15.9 Å². The molecular formula is C20H33N5O5S2. The highest BCUT2D eigenvalue weighted by Gasteiger charge is 2.35. The number of aromatic nitrogens is 2. The summed E-state index contributed by atoms with van der Waals surface area (Å²) in [6, 6.07) is -0.104. The summed E-state index contributed by atoms with van der Waals surface area (Å²) >= 11 is 0. The first-order chi connectivity index (χ1) is 15.0. The molecule has 0 unspecified atom stereocenters. The van der Waals surface area contributed by atoms with E-state index in [1.54, 1.807) is 0 Å². The normalized spacial score (nSPS) is 25.4. The van der Waals surface area contributed by atoms with Gasteiger partial charge >= 0.3 is 0 Å². The van der Waals surface area contributed by atoms with E-state index in [-0.39, 0.29) is 29.4 Å². The van der Waals surface area contributed by atoms with Crippen LogP contribution >= 0.6 is 0 Å². The molecule has 0 N–H and O–H groups in total. The molecule has 0 aliphatic carbocycles. The van der Waals surface area contributed by atoms with Gasteiger partial charge in [-0.2, -0.15) is 5.10 Å². The Morgan fingerprint density at radius 1 is 1.00 bits per heavy atom. The second kappa shape index (κ2) is 8.60. The van der Waals surface area contributed by atoms with Crippen LogP contribution < -0.4 is 4.90 Å².